The van der Waals surface area contributed by atoms with E-state index >= 15 is 0 Å². The largest absolute Gasteiger partial charge is 0.506 e. The summed E-state index contributed by atoms with van der Waals surface area (Å²) in [6, 6.07) is 4.76. The van der Waals surface area contributed by atoms with Gasteiger partial charge in [0.05, 0.1) is 11.1 Å². The smallest absolute Gasteiger partial charge is 0.407 e. The van der Waals surface area contributed by atoms with Gasteiger partial charge in [0.15, 0.2) is 0 Å². The van der Waals surface area contributed by atoms with Crippen LogP contribution in [-0.2, 0) is 4.74 Å². The highest BCUT2D eigenvalue weighted by atomic mass is 35.5. The zero-order chi connectivity index (χ0) is 12.6. The van der Waals surface area contributed by atoms with E-state index in [1.165, 1.54) is 6.07 Å². The maximum atomic E-state index is 11.3. The van der Waals surface area contributed by atoms with Gasteiger partial charge in [0, 0.05) is 5.41 Å². The molecule has 1 amide bonds. The Morgan fingerprint density at radius 1 is 1.50 bits per heavy atom. The molecule has 1 atom stereocenters. The van der Waals surface area contributed by atoms with E-state index < -0.39 is 6.09 Å². The molecule has 4 nitrogen and oxygen atoms in total. The summed E-state index contributed by atoms with van der Waals surface area (Å²) < 4.78 is 4.97. The van der Waals surface area contributed by atoms with Crippen molar-refractivity contribution < 1.29 is 14.6 Å². The third-order valence-electron chi connectivity index (χ3n) is 2.92. The first-order valence-corrected chi connectivity index (χ1v) is 5.70. The zero-order valence-electron chi connectivity index (χ0n) is 10.1. The van der Waals surface area contributed by atoms with Crippen LogP contribution in [0.3, 0.4) is 0 Å². The van der Waals surface area contributed by atoms with Crippen molar-refractivity contribution in [3.8, 4) is 5.75 Å². The highest BCUT2D eigenvalue weighted by molar-refractivity contribution is 6.32. The molecule has 1 aromatic carbocycles. The molecule has 0 saturated carbocycles. The Morgan fingerprint density at radius 3 is 2.78 bits per heavy atom. The van der Waals surface area contributed by atoms with Crippen molar-refractivity contribution in [2.75, 3.05) is 6.61 Å². The lowest BCUT2D eigenvalue weighted by Crippen LogP contribution is -2.46. The van der Waals surface area contributed by atoms with Crippen LogP contribution >= 0.6 is 24.0 Å². The van der Waals surface area contributed by atoms with Crippen molar-refractivity contribution >= 4 is 30.1 Å². The Hall–Kier alpha value is -1.13. The van der Waals surface area contributed by atoms with Crippen LogP contribution in [0.2, 0.25) is 5.02 Å². The quantitative estimate of drug-likeness (QED) is 0.835. The molecule has 100 valence electrons. The minimum atomic E-state index is -0.432. The summed E-state index contributed by atoms with van der Waals surface area (Å²) in [6.07, 6.45) is -0.432. The Kier molecular flexibility index (Phi) is 4.35. The first kappa shape index (κ1) is 14.9. The summed E-state index contributed by atoms with van der Waals surface area (Å²) in [5.74, 6) is 0.0339. The monoisotopic (exact) mass is 291 g/mol. The third kappa shape index (κ3) is 2.82. The fourth-order valence-corrected chi connectivity index (χ4v) is 2.12. The number of ether oxygens (including phenoxy) is 1. The van der Waals surface area contributed by atoms with Crippen LogP contribution in [0.25, 0.3) is 0 Å². The molecule has 0 bridgehead atoms. The van der Waals surface area contributed by atoms with E-state index in [9.17, 15) is 9.90 Å². The normalized spacial score (nSPS) is 21.5. The second-order valence-corrected chi connectivity index (χ2v) is 5.26. The zero-order valence-corrected chi connectivity index (χ0v) is 11.6. The fraction of sp³-hybridized carbons (Fsp3) is 0.417. The van der Waals surface area contributed by atoms with Gasteiger partial charge in [0.25, 0.3) is 0 Å². The first-order valence-electron chi connectivity index (χ1n) is 5.32. The third-order valence-corrected chi connectivity index (χ3v) is 3.23. The topological polar surface area (TPSA) is 58.6 Å². The maximum Gasteiger partial charge on any atom is 0.407 e. The van der Waals surface area contributed by atoms with Crippen LogP contribution in [0.5, 0.6) is 5.75 Å². The summed E-state index contributed by atoms with van der Waals surface area (Å²) >= 11 is 5.87. The van der Waals surface area contributed by atoms with Crippen LogP contribution in [0, 0.1) is 5.41 Å². The number of benzene rings is 1. The summed E-state index contributed by atoms with van der Waals surface area (Å²) in [4.78, 5) is 11.3. The first-order chi connectivity index (χ1) is 7.90. The molecule has 1 aliphatic heterocycles. The van der Waals surface area contributed by atoms with Crippen LogP contribution in [0.15, 0.2) is 18.2 Å². The minimum absolute atomic E-state index is 0. The minimum Gasteiger partial charge on any atom is -0.506 e. The van der Waals surface area contributed by atoms with Crippen LogP contribution in [0.1, 0.15) is 25.5 Å². The molecule has 0 aromatic heterocycles. The maximum absolute atomic E-state index is 11.3. The summed E-state index contributed by atoms with van der Waals surface area (Å²) in [5.41, 5.74) is 0.628. The molecule has 1 fully saturated rings. The number of nitrogens with one attached hydrogen (secondary N) is 1. The number of halogens is 2. The Bertz CT molecular complexity index is 463. The number of rotatable bonds is 1. The molecule has 2 N–H and O–H groups in total. The molecule has 0 spiro atoms. The number of carbonyl (C=O) groups is 1. The number of hydrogen-bond donors (Lipinski definition) is 2. The Morgan fingerprint density at radius 2 is 2.17 bits per heavy atom. The molecule has 6 heteroatoms. The molecule has 18 heavy (non-hydrogen) atoms. The lowest BCUT2D eigenvalue weighted by molar-refractivity contribution is 0.0387. The molecule has 0 radical (unpaired) electrons. The average Bonchev–Trinajstić information content (AvgIpc) is 2.26. The molecule has 2 rings (SSSR count). The molecule has 1 saturated heterocycles. The summed E-state index contributed by atoms with van der Waals surface area (Å²) in [6.45, 7) is 4.34. The van der Waals surface area contributed by atoms with Gasteiger partial charge >= 0.3 is 6.09 Å². The van der Waals surface area contributed by atoms with Gasteiger partial charge in [0.1, 0.15) is 12.4 Å². The van der Waals surface area contributed by atoms with Crippen molar-refractivity contribution in [1.82, 2.24) is 5.32 Å². The number of cyclic esters (lactones) is 1. The van der Waals surface area contributed by atoms with Gasteiger partial charge in [-0.05, 0) is 17.7 Å². The van der Waals surface area contributed by atoms with Crippen molar-refractivity contribution in [3.05, 3.63) is 28.8 Å². The highest BCUT2D eigenvalue weighted by Gasteiger charge is 2.37. The van der Waals surface area contributed by atoms with Gasteiger partial charge in [-0.15, -0.1) is 12.4 Å². The summed E-state index contributed by atoms with van der Waals surface area (Å²) in [7, 11) is 0. The predicted molar refractivity (Wildman–Crippen MR) is 71.4 cm³/mol. The van der Waals surface area contributed by atoms with E-state index in [-0.39, 0.29) is 34.6 Å². The standard InChI is InChI=1S/C12H14ClNO3.ClH/c1-12(2)6-17-11(16)14-10(12)7-3-4-9(15)8(13)5-7;/h3-5,10,15H,6H2,1-2H3,(H,14,16);1H/t10-;/m1./s1. The lowest BCUT2D eigenvalue weighted by atomic mass is 9.80. The second kappa shape index (κ2) is 5.24. The summed E-state index contributed by atoms with van der Waals surface area (Å²) in [5, 5.41) is 12.4. The number of aromatic hydroxyl groups is 1. The molecular formula is C12H15Cl2NO3. The second-order valence-electron chi connectivity index (χ2n) is 4.85. The van der Waals surface area contributed by atoms with Crippen molar-refractivity contribution in [1.29, 1.82) is 0 Å². The van der Waals surface area contributed by atoms with E-state index in [2.05, 4.69) is 5.32 Å². The SMILES string of the molecule is CC1(C)COC(=O)N[C@@H]1c1ccc(O)c(Cl)c1.Cl. The van der Waals surface area contributed by atoms with E-state index in [1.54, 1.807) is 12.1 Å². The average molecular weight is 292 g/mol. The molecule has 1 aliphatic rings. The van der Waals surface area contributed by atoms with Gasteiger partial charge in [-0.3, -0.25) is 0 Å². The van der Waals surface area contributed by atoms with Crippen molar-refractivity contribution in [3.63, 3.8) is 0 Å². The Balaban J connectivity index is 0.00000162. The number of amides is 1. The highest BCUT2D eigenvalue weighted by Crippen LogP contribution is 2.38. The van der Waals surface area contributed by atoms with E-state index in [4.69, 9.17) is 16.3 Å². The fourth-order valence-electron chi connectivity index (χ4n) is 1.93. The number of phenolic OH excluding ortho intramolecular Hbond substituents is 1. The van der Waals surface area contributed by atoms with Gasteiger partial charge < -0.3 is 15.2 Å². The van der Waals surface area contributed by atoms with Crippen molar-refractivity contribution in [2.45, 2.75) is 19.9 Å². The number of phenols is 1. The molecule has 0 unspecified atom stereocenters. The number of carbonyl (C=O) groups excluding carboxylic acids is 1. The van der Waals surface area contributed by atoms with Gasteiger partial charge in [-0.25, -0.2) is 4.79 Å². The van der Waals surface area contributed by atoms with Gasteiger partial charge in [-0.1, -0.05) is 31.5 Å². The van der Waals surface area contributed by atoms with Crippen LogP contribution in [-0.4, -0.2) is 17.8 Å². The molecule has 1 aromatic rings. The Labute approximate surface area is 117 Å². The number of hydrogen-bond acceptors (Lipinski definition) is 3. The van der Waals surface area contributed by atoms with Crippen LogP contribution in [0.4, 0.5) is 4.79 Å². The predicted octanol–water partition coefficient (Wildman–Crippen LogP) is 3.27. The van der Waals surface area contributed by atoms with E-state index in [0.717, 1.165) is 5.56 Å². The van der Waals surface area contributed by atoms with E-state index in [0.29, 0.717) is 6.61 Å². The molecule has 0 aliphatic carbocycles. The van der Waals surface area contributed by atoms with Crippen molar-refractivity contribution in [2.24, 2.45) is 5.41 Å². The molecule has 1 heterocycles. The van der Waals surface area contributed by atoms with Gasteiger partial charge in [0.2, 0.25) is 0 Å². The van der Waals surface area contributed by atoms with E-state index in [1.807, 2.05) is 13.8 Å². The van der Waals surface area contributed by atoms with Gasteiger partial charge in [-0.2, -0.15) is 0 Å². The lowest BCUT2D eigenvalue weighted by Gasteiger charge is -2.38. The molecular weight excluding hydrogens is 277 g/mol. The van der Waals surface area contributed by atoms with Crippen LogP contribution < -0.4 is 5.32 Å². The number of alkyl carbamates (subject to hydrolysis) is 1.